The minimum atomic E-state index is 0.0287. The van der Waals surface area contributed by atoms with Crippen molar-refractivity contribution in [2.75, 3.05) is 26.2 Å². The van der Waals surface area contributed by atoms with Crippen LogP contribution >= 0.6 is 0 Å². The molecule has 1 aliphatic carbocycles. The molecule has 1 heterocycles. The van der Waals surface area contributed by atoms with Gasteiger partial charge in [0, 0.05) is 12.6 Å². The number of carbonyl (C=O) groups excluding carboxylic acids is 1. The summed E-state index contributed by atoms with van der Waals surface area (Å²) in [5.74, 6) is 1.52. The molecule has 2 atom stereocenters. The van der Waals surface area contributed by atoms with Gasteiger partial charge in [-0.1, -0.05) is 26.7 Å². The molecule has 2 rings (SSSR count). The highest BCUT2D eigenvalue weighted by Gasteiger charge is 2.22. The smallest absolute Gasteiger partial charge is 0.315 e. The molecule has 1 aliphatic heterocycles. The molecule has 0 aromatic carbocycles. The average Bonchev–Trinajstić information content (AvgIpc) is 2.48. The molecule has 2 unspecified atom stereocenters. The van der Waals surface area contributed by atoms with E-state index in [0.29, 0.717) is 12.0 Å². The molecule has 2 N–H and O–H groups in total. The maximum atomic E-state index is 11.9. The number of nitrogens with zero attached hydrogens (tertiary/aromatic N) is 1. The van der Waals surface area contributed by atoms with Gasteiger partial charge < -0.3 is 15.5 Å². The van der Waals surface area contributed by atoms with Gasteiger partial charge in [0.25, 0.3) is 0 Å². The molecule has 1 saturated heterocycles. The van der Waals surface area contributed by atoms with E-state index in [-0.39, 0.29) is 6.03 Å². The Morgan fingerprint density at radius 1 is 1.10 bits per heavy atom. The Balaban J connectivity index is 1.53. The van der Waals surface area contributed by atoms with Crippen molar-refractivity contribution in [1.29, 1.82) is 0 Å². The monoisotopic (exact) mass is 295 g/mol. The molecule has 0 spiro atoms. The molecule has 2 aliphatic rings. The van der Waals surface area contributed by atoms with Gasteiger partial charge in [-0.05, 0) is 63.6 Å². The summed E-state index contributed by atoms with van der Waals surface area (Å²) in [6.45, 7) is 8.96. The van der Waals surface area contributed by atoms with Crippen molar-refractivity contribution in [2.24, 2.45) is 11.8 Å². The van der Waals surface area contributed by atoms with Gasteiger partial charge in [0.2, 0.25) is 0 Å². The lowest BCUT2D eigenvalue weighted by atomic mass is 9.86. The summed E-state index contributed by atoms with van der Waals surface area (Å²) >= 11 is 0. The van der Waals surface area contributed by atoms with Crippen molar-refractivity contribution >= 4 is 6.03 Å². The van der Waals surface area contributed by atoms with E-state index in [2.05, 4.69) is 29.4 Å². The molecule has 2 amide bonds. The Morgan fingerprint density at radius 3 is 2.52 bits per heavy atom. The second kappa shape index (κ2) is 8.62. The Morgan fingerprint density at radius 2 is 1.81 bits per heavy atom. The van der Waals surface area contributed by atoms with Gasteiger partial charge >= 0.3 is 6.03 Å². The fraction of sp³-hybridized carbons (Fsp3) is 0.941. The minimum absolute atomic E-state index is 0.0287. The van der Waals surface area contributed by atoms with Crippen molar-refractivity contribution in [1.82, 2.24) is 15.5 Å². The first kappa shape index (κ1) is 16.6. The predicted molar refractivity (Wildman–Crippen MR) is 87.4 cm³/mol. The van der Waals surface area contributed by atoms with Crippen LogP contribution in [0.3, 0.4) is 0 Å². The summed E-state index contributed by atoms with van der Waals surface area (Å²) in [5.41, 5.74) is 0. The molecule has 2 fully saturated rings. The van der Waals surface area contributed by atoms with Crippen molar-refractivity contribution in [2.45, 2.75) is 64.8 Å². The van der Waals surface area contributed by atoms with Gasteiger partial charge in [-0.2, -0.15) is 0 Å². The van der Waals surface area contributed by atoms with Crippen LogP contribution in [-0.2, 0) is 0 Å². The molecule has 0 bridgehead atoms. The number of carbonyl (C=O) groups is 1. The first-order valence-electron chi connectivity index (χ1n) is 8.92. The Bertz CT molecular complexity index is 313. The highest BCUT2D eigenvalue weighted by Crippen LogP contribution is 2.23. The maximum Gasteiger partial charge on any atom is 0.315 e. The normalized spacial score (nSPS) is 28.3. The highest BCUT2D eigenvalue weighted by atomic mass is 16.2. The van der Waals surface area contributed by atoms with E-state index < -0.39 is 0 Å². The predicted octanol–water partition coefficient (Wildman–Crippen LogP) is 2.99. The lowest BCUT2D eigenvalue weighted by Crippen LogP contribution is -2.46. The van der Waals surface area contributed by atoms with E-state index in [1.54, 1.807) is 0 Å². The largest absolute Gasteiger partial charge is 0.338 e. The van der Waals surface area contributed by atoms with Gasteiger partial charge in [-0.15, -0.1) is 0 Å². The van der Waals surface area contributed by atoms with Gasteiger partial charge in [0.05, 0.1) is 0 Å². The third-order valence-corrected chi connectivity index (χ3v) is 5.24. The number of likely N-dealkylation sites (tertiary alicyclic amines) is 1. The van der Waals surface area contributed by atoms with Crippen LogP contribution in [0.25, 0.3) is 0 Å². The number of piperidine rings is 1. The lowest BCUT2D eigenvalue weighted by Gasteiger charge is -2.30. The molecule has 1 saturated carbocycles. The lowest BCUT2D eigenvalue weighted by molar-refractivity contribution is 0.189. The number of rotatable bonds is 5. The molecule has 4 nitrogen and oxygen atoms in total. The van der Waals surface area contributed by atoms with Crippen molar-refractivity contribution in [3.05, 3.63) is 0 Å². The fourth-order valence-electron chi connectivity index (χ4n) is 3.54. The Labute approximate surface area is 130 Å². The summed E-state index contributed by atoms with van der Waals surface area (Å²) in [4.78, 5) is 14.4. The molecule has 0 aromatic heterocycles. The number of urea groups is 1. The molecule has 21 heavy (non-hydrogen) atoms. The highest BCUT2D eigenvalue weighted by molar-refractivity contribution is 5.74. The maximum absolute atomic E-state index is 11.9. The molecule has 4 heteroatoms. The van der Waals surface area contributed by atoms with Gasteiger partial charge in [-0.3, -0.25) is 0 Å². The average molecular weight is 295 g/mol. The van der Waals surface area contributed by atoms with Crippen LogP contribution in [0.4, 0.5) is 4.79 Å². The molecular weight excluding hydrogens is 262 g/mol. The van der Waals surface area contributed by atoms with E-state index in [0.717, 1.165) is 31.8 Å². The molecule has 0 aromatic rings. The zero-order valence-corrected chi connectivity index (χ0v) is 13.9. The van der Waals surface area contributed by atoms with Gasteiger partial charge in [-0.25, -0.2) is 4.79 Å². The Hall–Kier alpha value is -0.770. The quantitative estimate of drug-likeness (QED) is 0.766. The number of hydrogen-bond acceptors (Lipinski definition) is 2. The van der Waals surface area contributed by atoms with Crippen molar-refractivity contribution in [3.8, 4) is 0 Å². The second-order valence-corrected chi connectivity index (χ2v) is 7.15. The topological polar surface area (TPSA) is 44.4 Å². The van der Waals surface area contributed by atoms with Crippen molar-refractivity contribution < 1.29 is 4.79 Å². The number of amides is 2. The first-order chi connectivity index (χ1) is 10.1. The van der Waals surface area contributed by atoms with Gasteiger partial charge in [0.15, 0.2) is 0 Å². The van der Waals surface area contributed by atoms with E-state index in [1.807, 2.05) is 0 Å². The minimum Gasteiger partial charge on any atom is -0.338 e. The zero-order valence-electron chi connectivity index (χ0n) is 13.9. The summed E-state index contributed by atoms with van der Waals surface area (Å²) in [6.07, 6.45) is 8.67. The molecule has 0 radical (unpaired) electrons. The van der Waals surface area contributed by atoms with Gasteiger partial charge in [0.1, 0.15) is 0 Å². The van der Waals surface area contributed by atoms with Crippen LogP contribution in [0.5, 0.6) is 0 Å². The summed E-state index contributed by atoms with van der Waals surface area (Å²) < 4.78 is 0. The van der Waals surface area contributed by atoms with Crippen molar-refractivity contribution in [3.63, 3.8) is 0 Å². The van der Waals surface area contributed by atoms with E-state index >= 15 is 0 Å². The first-order valence-corrected chi connectivity index (χ1v) is 8.92. The standard InChI is InChI=1S/C17H33N3O/c1-14-8-12-20(13-9-14)11-5-10-18-17(21)19-16-7-4-3-6-15(16)2/h14-16H,3-13H2,1-2H3,(H2,18,19,21). The van der Waals surface area contributed by atoms with E-state index in [9.17, 15) is 4.79 Å². The van der Waals surface area contributed by atoms with Crippen LogP contribution in [0.15, 0.2) is 0 Å². The third kappa shape index (κ3) is 5.85. The summed E-state index contributed by atoms with van der Waals surface area (Å²) in [5, 5.41) is 6.17. The van der Waals surface area contributed by atoms with E-state index in [1.165, 1.54) is 45.2 Å². The molecule has 122 valence electrons. The van der Waals surface area contributed by atoms with Crippen LogP contribution in [0, 0.1) is 11.8 Å². The van der Waals surface area contributed by atoms with Crippen LogP contribution in [0.1, 0.15) is 58.8 Å². The number of hydrogen-bond donors (Lipinski definition) is 2. The third-order valence-electron chi connectivity index (χ3n) is 5.24. The van der Waals surface area contributed by atoms with Crippen LogP contribution in [-0.4, -0.2) is 43.2 Å². The van der Waals surface area contributed by atoms with Crippen LogP contribution < -0.4 is 10.6 Å². The SMILES string of the molecule is CC1CCN(CCCNC(=O)NC2CCCCC2C)CC1. The summed E-state index contributed by atoms with van der Waals surface area (Å²) in [7, 11) is 0. The second-order valence-electron chi connectivity index (χ2n) is 7.15. The number of nitrogens with one attached hydrogen (secondary N) is 2. The fourth-order valence-corrected chi connectivity index (χ4v) is 3.54. The van der Waals surface area contributed by atoms with E-state index in [4.69, 9.17) is 0 Å². The zero-order chi connectivity index (χ0) is 15.1. The Kier molecular flexibility index (Phi) is 6.81. The molecular formula is C17H33N3O. The summed E-state index contributed by atoms with van der Waals surface area (Å²) in [6, 6.07) is 0.406. The van der Waals surface area contributed by atoms with Crippen LogP contribution in [0.2, 0.25) is 0 Å².